The van der Waals surface area contributed by atoms with Gasteiger partial charge in [-0.05, 0) is 36.6 Å². The van der Waals surface area contributed by atoms with Gasteiger partial charge in [-0.3, -0.25) is 4.99 Å². The lowest BCUT2D eigenvalue weighted by Gasteiger charge is -2.29. The minimum absolute atomic E-state index is 0.0626. The highest BCUT2D eigenvalue weighted by Gasteiger charge is 2.31. The first-order valence-electron chi connectivity index (χ1n) is 6.77. The molecule has 4 nitrogen and oxygen atoms in total. The van der Waals surface area contributed by atoms with Gasteiger partial charge in [-0.15, -0.1) is 0 Å². The van der Waals surface area contributed by atoms with E-state index in [0.29, 0.717) is 24.1 Å². The largest absolute Gasteiger partial charge is 0.376 e. The zero-order chi connectivity index (χ0) is 14.1. The fourth-order valence-electron chi connectivity index (χ4n) is 2.81. The van der Waals surface area contributed by atoms with Crippen LogP contribution in [0.3, 0.4) is 0 Å². The fraction of sp³-hybridized carbons (Fsp3) is 0.500. The lowest BCUT2D eigenvalue weighted by atomic mass is 10.1. The SMILES string of the molecule is NC1=NCC(c2cc(F)cc(Cl)c2)N1CC1CCCO1. The van der Waals surface area contributed by atoms with E-state index in [0.717, 1.165) is 25.0 Å². The van der Waals surface area contributed by atoms with Crippen LogP contribution in [-0.4, -0.2) is 36.7 Å². The minimum Gasteiger partial charge on any atom is -0.376 e. The number of guanidine groups is 1. The molecule has 0 spiro atoms. The third-order valence-electron chi connectivity index (χ3n) is 3.79. The third kappa shape index (κ3) is 2.74. The molecule has 1 aromatic rings. The number of ether oxygens (including phenoxy) is 1. The molecule has 0 amide bonds. The van der Waals surface area contributed by atoms with Crippen molar-refractivity contribution < 1.29 is 9.13 Å². The van der Waals surface area contributed by atoms with Gasteiger partial charge in [-0.2, -0.15) is 0 Å². The molecule has 2 N–H and O–H groups in total. The molecule has 20 heavy (non-hydrogen) atoms. The molecular weight excluding hydrogens is 281 g/mol. The molecule has 0 saturated carbocycles. The summed E-state index contributed by atoms with van der Waals surface area (Å²) in [6.45, 7) is 2.01. The number of nitrogens with two attached hydrogens (primary N) is 1. The summed E-state index contributed by atoms with van der Waals surface area (Å²) in [6, 6.07) is 4.50. The molecule has 2 atom stereocenters. The maximum atomic E-state index is 13.5. The molecule has 0 radical (unpaired) electrons. The van der Waals surface area contributed by atoms with Crippen molar-refractivity contribution in [3.8, 4) is 0 Å². The Bertz CT molecular complexity index is 511. The van der Waals surface area contributed by atoms with Gasteiger partial charge in [0.2, 0.25) is 0 Å². The summed E-state index contributed by atoms with van der Waals surface area (Å²) in [5.41, 5.74) is 6.76. The van der Waals surface area contributed by atoms with E-state index >= 15 is 0 Å². The Morgan fingerprint density at radius 2 is 2.30 bits per heavy atom. The normalized spacial score (nSPS) is 26.1. The molecular formula is C14H17ClFN3O. The van der Waals surface area contributed by atoms with Gasteiger partial charge in [0.1, 0.15) is 5.82 Å². The Morgan fingerprint density at radius 3 is 3.00 bits per heavy atom. The van der Waals surface area contributed by atoms with Crippen molar-refractivity contribution in [2.24, 2.45) is 10.7 Å². The Balaban J connectivity index is 1.80. The van der Waals surface area contributed by atoms with E-state index in [2.05, 4.69) is 4.99 Å². The maximum absolute atomic E-state index is 13.5. The molecule has 0 aliphatic carbocycles. The van der Waals surface area contributed by atoms with Gasteiger partial charge >= 0.3 is 0 Å². The molecule has 1 aromatic carbocycles. The van der Waals surface area contributed by atoms with Crippen molar-refractivity contribution >= 4 is 17.6 Å². The van der Waals surface area contributed by atoms with Gasteiger partial charge in [0, 0.05) is 18.2 Å². The second-order valence-corrected chi connectivity index (χ2v) is 5.64. The molecule has 2 aliphatic heterocycles. The van der Waals surface area contributed by atoms with Crippen LogP contribution >= 0.6 is 11.6 Å². The number of hydrogen-bond donors (Lipinski definition) is 1. The summed E-state index contributed by atoms with van der Waals surface area (Å²) < 4.78 is 19.2. The lowest BCUT2D eigenvalue weighted by Crippen LogP contribution is -2.41. The minimum atomic E-state index is -0.338. The number of nitrogens with zero attached hydrogens (tertiary/aromatic N) is 2. The van der Waals surface area contributed by atoms with Crippen molar-refractivity contribution in [3.05, 3.63) is 34.6 Å². The Morgan fingerprint density at radius 1 is 1.45 bits per heavy atom. The Hall–Kier alpha value is -1.33. The van der Waals surface area contributed by atoms with Crippen LogP contribution in [-0.2, 0) is 4.74 Å². The van der Waals surface area contributed by atoms with Crippen molar-refractivity contribution in [1.82, 2.24) is 4.90 Å². The van der Waals surface area contributed by atoms with E-state index in [4.69, 9.17) is 22.1 Å². The van der Waals surface area contributed by atoms with E-state index in [9.17, 15) is 4.39 Å². The molecule has 3 rings (SSSR count). The zero-order valence-corrected chi connectivity index (χ0v) is 11.8. The number of aliphatic imine (C=N–C) groups is 1. The molecule has 2 heterocycles. The molecule has 1 saturated heterocycles. The summed E-state index contributed by atoms with van der Waals surface area (Å²) >= 11 is 5.93. The third-order valence-corrected chi connectivity index (χ3v) is 4.01. The van der Waals surface area contributed by atoms with Crippen molar-refractivity contribution in [2.75, 3.05) is 19.7 Å². The van der Waals surface area contributed by atoms with Gasteiger partial charge < -0.3 is 15.4 Å². The van der Waals surface area contributed by atoms with Gasteiger partial charge in [-0.1, -0.05) is 11.6 Å². The first-order valence-corrected chi connectivity index (χ1v) is 7.15. The second-order valence-electron chi connectivity index (χ2n) is 5.20. The van der Waals surface area contributed by atoms with Crippen molar-refractivity contribution in [1.29, 1.82) is 0 Å². The molecule has 2 aliphatic rings. The average Bonchev–Trinajstić information content (AvgIpc) is 3.00. The van der Waals surface area contributed by atoms with E-state index in [1.165, 1.54) is 12.1 Å². The van der Waals surface area contributed by atoms with Gasteiger partial charge in [0.05, 0.1) is 18.7 Å². The van der Waals surface area contributed by atoms with Crippen LogP contribution in [0, 0.1) is 5.82 Å². The Labute approximate surface area is 122 Å². The topological polar surface area (TPSA) is 50.8 Å². The molecule has 0 aromatic heterocycles. The van der Waals surface area contributed by atoms with Crippen LogP contribution in [0.25, 0.3) is 0 Å². The van der Waals surface area contributed by atoms with Crippen LogP contribution < -0.4 is 5.73 Å². The standard InChI is InChI=1S/C14H17ClFN3O/c15-10-4-9(5-11(16)6-10)13-7-18-14(17)19(13)8-12-2-1-3-20-12/h4-6,12-13H,1-3,7-8H2,(H2,17,18). The summed E-state index contributed by atoms with van der Waals surface area (Å²) in [7, 11) is 0. The smallest absolute Gasteiger partial charge is 0.192 e. The van der Waals surface area contributed by atoms with Crippen LogP contribution in [0.2, 0.25) is 5.02 Å². The first-order chi connectivity index (χ1) is 9.63. The fourth-order valence-corrected chi connectivity index (χ4v) is 3.04. The predicted molar refractivity (Wildman–Crippen MR) is 76.3 cm³/mol. The number of hydrogen-bond acceptors (Lipinski definition) is 4. The quantitative estimate of drug-likeness (QED) is 0.931. The Kier molecular flexibility index (Phi) is 3.81. The lowest BCUT2D eigenvalue weighted by molar-refractivity contribution is 0.0852. The molecule has 2 unspecified atom stereocenters. The zero-order valence-electron chi connectivity index (χ0n) is 11.1. The highest BCUT2D eigenvalue weighted by atomic mass is 35.5. The van der Waals surface area contributed by atoms with E-state index < -0.39 is 0 Å². The number of halogens is 2. The van der Waals surface area contributed by atoms with Crippen molar-refractivity contribution in [2.45, 2.75) is 25.0 Å². The number of rotatable bonds is 3. The highest BCUT2D eigenvalue weighted by Crippen LogP contribution is 2.29. The molecule has 0 bridgehead atoms. The molecule has 1 fully saturated rings. The van der Waals surface area contributed by atoms with Crippen LogP contribution in [0.15, 0.2) is 23.2 Å². The van der Waals surface area contributed by atoms with E-state index in [-0.39, 0.29) is 18.0 Å². The van der Waals surface area contributed by atoms with Crippen LogP contribution in [0.1, 0.15) is 24.4 Å². The predicted octanol–water partition coefficient (Wildman–Crippen LogP) is 2.33. The van der Waals surface area contributed by atoms with E-state index in [1.807, 2.05) is 4.90 Å². The molecule has 108 valence electrons. The van der Waals surface area contributed by atoms with E-state index in [1.54, 1.807) is 6.07 Å². The summed E-state index contributed by atoms with van der Waals surface area (Å²) in [6.07, 6.45) is 2.28. The highest BCUT2D eigenvalue weighted by molar-refractivity contribution is 6.30. The summed E-state index contributed by atoms with van der Waals surface area (Å²) in [5.74, 6) is 0.154. The maximum Gasteiger partial charge on any atom is 0.192 e. The first kappa shape index (κ1) is 13.6. The van der Waals surface area contributed by atoms with Crippen molar-refractivity contribution in [3.63, 3.8) is 0 Å². The monoisotopic (exact) mass is 297 g/mol. The average molecular weight is 298 g/mol. The summed E-state index contributed by atoms with van der Waals surface area (Å²) in [4.78, 5) is 6.26. The van der Waals surface area contributed by atoms with Gasteiger partial charge in [0.15, 0.2) is 5.96 Å². The molecule has 6 heteroatoms. The van der Waals surface area contributed by atoms with Crippen LogP contribution in [0.4, 0.5) is 4.39 Å². The van der Waals surface area contributed by atoms with Gasteiger partial charge in [0.25, 0.3) is 0 Å². The van der Waals surface area contributed by atoms with Crippen LogP contribution in [0.5, 0.6) is 0 Å². The summed E-state index contributed by atoms with van der Waals surface area (Å²) in [5, 5.41) is 0.391. The van der Waals surface area contributed by atoms with Gasteiger partial charge in [-0.25, -0.2) is 4.39 Å². The number of benzene rings is 1. The second kappa shape index (κ2) is 5.58.